The maximum Gasteiger partial charge on any atom is 0.135 e. The fourth-order valence-electron chi connectivity index (χ4n) is 2.48. The topological polar surface area (TPSA) is 26.0 Å². The molecule has 0 atom stereocenters. The fourth-order valence-corrected chi connectivity index (χ4v) is 2.84. The number of rotatable bonds is 1. The third-order valence-electron chi connectivity index (χ3n) is 3.41. The Morgan fingerprint density at radius 3 is 2.55 bits per heavy atom. The van der Waals surface area contributed by atoms with Crippen molar-refractivity contribution in [1.82, 2.24) is 4.98 Å². The Balaban J connectivity index is 2.00. The molecule has 0 fully saturated rings. The van der Waals surface area contributed by atoms with E-state index in [0.717, 1.165) is 37.5 Å². The molecule has 4 aromatic rings. The highest BCUT2D eigenvalue weighted by Gasteiger charge is 2.08. The molecule has 2 aromatic carbocycles. The van der Waals surface area contributed by atoms with Gasteiger partial charge in [-0.15, -0.1) is 0 Å². The number of fused-ring (bicyclic) bond motifs is 3. The monoisotopic (exact) mass is 323 g/mol. The average molecular weight is 324 g/mol. The summed E-state index contributed by atoms with van der Waals surface area (Å²) in [5.74, 6) is 0. The molecule has 3 heteroatoms. The van der Waals surface area contributed by atoms with Crippen molar-refractivity contribution in [3.8, 4) is 11.1 Å². The Morgan fingerprint density at radius 1 is 0.800 bits per heavy atom. The number of para-hydroxylation sites is 1. The van der Waals surface area contributed by atoms with Crippen LogP contribution >= 0.6 is 15.9 Å². The smallest absolute Gasteiger partial charge is 0.135 e. The van der Waals surface area contributed by atoms with Gasteiger partial charge in [0.05, 0.1) is 0 Å². The van der Waals surface area contributed by atoms with Crippen molar-refractivity contribution in [2.75, 3.05) is 0 Å². The minimum atomic E-state index is 0.915. The first-order valence-corrected chi connectivity index (χ1v) is 7.13. The molecule has 0 saturated carbocycles. The molecule has 0 aliphatic carbocycles. The Morgan fingerprint density at radius 2 is 1.65 bits per heavy atom. The summed E-state index contributed by atoms with van der Waals surface area (Å²) in [4.78, 5) is 4.22. The Labute approximate surface area is 124 Å². The number of pyridine rings is 1. The summed E-state index contributed by atoms with van der Waals surface area (Å²) in [7, 11) is 0. The van der Waals surface area contributed by atoms with E-state index in [2.05, 4.69) is 45.2 Å². The van der Waals surface area contributed by atoms with Gasteiger partial charge < -0.3 is 4.42 Å². The molecule has 0 unspecified atom stereocenters. The van der Waals surface area contributed by atoms with Gasteiger partial charge in [-0.05, 0) is 45.8 Å². The zero-order valence-electron chi connectivity index (χ0n) is 10.5. The van der Waals surface area contributed by atoms with Crippen LogP contribution in [0.3, 0.4) is 0 Å². The van der Waals surface area contributed by atoms with Crippen molar-refractivity contribution >= 4 is 37.9 Å². The van der Waals surface area contributed by atoms with Crippen LogP contribution in [0.2, 0.25) is 0 Å². The number of furan rings is 1. The van der Waals surface area contributed by atoms with Crippen LogP contribution in [0.15, 0.2) is 69.8 Å². The molecule has 2 aromatic heterocycles. The number of halogens is 1. The van der Waals surface area contributed by atoms with Gasteiger partial charge in [-0.1, -0.05) is 24.3 Å². The highest BCUT2D eigenvalue weighted by Crippen LogP contribution is 2.32. The molecule has 2 nitrogen and oxygen atoms in total. The van der Waals surface area contributed by atoms with Crippen LogP contribution in [-0.4, -0.2) is 4.98 Å². The van der Waals surface area contributed by atoms with Gasteiger partial charge in [0.25, 0.3) is 0 Å². The Bertz CT molecular complexity index is 926. The van der Waals surface area contributed by atoms with Gasteiger partial charge in [0.15, 0.2) is 0 Å². The average Bonchev–Trinajstić information content (AvgIpc) is 2.85. The molecule has 0 radical (unpaired) electrons. The zero-order valence-corrected chi connectivity index (χ0v) is 12.1. The second-order valence-electron chi connectivity index (χ2n) is 4.70. The number of hydrogen-bond acceptors (Lipinski definition) is 2. The summed E-state index contributed by atoms with van der Waals surface area (Å²) in [6.07, 6.45) is 3.66. The van der Waals surface area contributed by atoms with Crippen LogP contribution < -0.4 is 0 Å². The van der Waals surface area contributed by atoms with Crippen molar-refractivity contribution < 1.29 is 4.42 Å². The lowest BCUT2D eigenvalue weighted by Crippen LogP contribution is -1.80. The predicted molar refractivity (Wildman–Crippen MR) is 84.7 cm³/mol. The van der Waals surface area contributed by atoms with Crippen LogP contribution in [0, 0.1) is 0 Å². The summed E-state index contributed by atoms with van der Waals surface area (Å²) >= 11 is 3.46. The van der Waals surface area contributed by atoms with Gasteiger partial charge in [-0.3, -0.25) is 4.98 Å². The Kier molecular flexibility index (Phi) is 2.60. The number of benzene rings is 2. The van der Waals surface area contributed by atoms with E-state index in [9.17, 15) is 0 Å². The second-order valence-corrected chi connectivity index (χ2v) is 5.62. The molecule has 2 heterocycles. The molecular weight excluding hydrogens is 314 g/mol. The van der Waals surface area contributed by atoms with E-state index < -0.39 is 0 Å². The maximum atomic E-state index is 5.84. The molecular formula is C17H10BrNO. The zero-order chi connectivity index (χ0) is 13.5. The predicted octanol–water partition coefficient (Wildman–Crippen LogP) is 5.41. The highest BCUT2D eigenvalue weighted by molar-refractivity contribution is 9.10. The van der Waals surface area contributed by atoms with E-state index in [1.54, 1.807) is 6.20 Å². The third kappa shape index (κ3) is 1.82. The normalized spacial score (nSPS) is 11.2. The van der Waals surface area contributed by atoms with E-state index in [-0.39, 0.29) is 0 Å². The summed E-state index contributed by atoms with van der Waals surface area (Å²) in [6.45, 7) is 0. The van der Waals surface area contributed by atoms with Gasteiger partial charge in [-0.25, -0.2) is 0 Å². The molecule has 0 bridgehead atoms. The molecule has 0 aliphatic rings. The van der Waals surface area contributed by atoms with Crippen LogP contribution in [0.1, 0.15) is 0 Å². The molecule has 4 rings (SSSR count). The first-order valence-electron chi connectivity index (χ1n) is 6.33. The van der Waals surface area contributed by atoms with Gasteiger partial charge >= 0.3 is 0 Å². The lowest BCUT2D eigenvalue weighted by Gasteiger charge is -2.01. The van der Waals surface area contributed by atoms with E-state index in [1.165, 1.54) is 0 Å². The summed E-state index contributed by atoms with van der Waals surface area (Å²) in [6, 6.07) is 16.4. The van der Waals surface area contributed by atoms with Crippen molar-refractivity contribution in [2.24, 2.45) is 0 Å². The van der Waals surface area contributed by atoms with E-state index in [4.69, 9.17) is 4.42 Å². The van der Waals surface area contributed by atoms with E-state index in [1.807, 2.05) is 30.5 Å². The van der Waals surface area contributed by atoms with Gasteiger partial charge in [-0.2, -0.15) is 0 Å². The number of aromatic nitrogens is 1. The first-order chi connectivity index (χ1) is 9.81. The maximum absolute atomic E-state index is 5.84. The van der Waals surface area contributed by atoms with Crippen molar-refractivity contribution in [3.63, 3.8) is 0 Å². The van der Waals surface area contributed by atoms with Crippen LogP contribution in [-0.2, 0) is 0 Å². The molecule has 0 N–H and O–H groups in total. The Hall–Kier alpha value is -2.13. The van der Waals surface area contributed by atoms with Crippen LogP contribution in [0.5, 0.6) is 0 Å². The largest absolute Gasteiger partial charge is 0.456 e. The molecule has 0 spiro atoms. The summed E-state index contributed by atoms with van der Waals surface area (Å²) in [5, 5.41) is 2.28. The lowest BCUT2D eigenvalue weighted by molar-refractivity contribution is 0.669. The van der Waals surface area contributed by atoms with Gasteiger partial charge in [0.1, 0.15) is 11.2 Å². The summed E-state index contributed by atoms with van der Waals surface area (Å²) < 4.78 is 6.82. The molecule has 0 aliphatic heterocycles. The minimum absolute atomic E-state index is 0.915. The van der Waals surface area contributed by atoms with E-state index in [0.29, 0.717) is 0 Å². The van der Waals surface area contributed by atoms with Crippen molar-refractivity contribution in [2.45, 2.75) is 0 Å². The second kappa shape index (κ2) is 4.46. The quantitative estimate of drug-likeness (QED) is 0.468. The van der Waals surface area contributed by atoms with E-state index >= 15 is 0 Å². The molecule has 20 heavy (non-hydrogen) atoms. The molecule has 96 valence electrons. The third-order valence-corrected chi connectivity index (χ3v) is 3.85. The van der Waals surface area contributed by atoms with Gasteiger partial charge in [0.2, 0.25) is 0 Å². The molecule has 0 saturated heterocycles. The number of nitrogens with zero attached hydrogens (tertiary/aromatic N) is 1. The highest BCUT2D eigenvalue weighted by atomic mass is 79.9. The standard InChI is InChI=1S/C17H10BrNO/c18-13-7-12(9-19-10-13)11-5-6-17-15(8-11)14-3-1-2-4-16(14)20-17/h1-10H. The first kappa shape index (κ1) is 11.7. The minimum Gasteiger partial charge on any atom is -0.456 e. The van der Waals surface area contributed by atoms with Gasteiger partial charge in [0, 0.05) is 33.2 Å². The van der Waals surface area contributed by atoms with Crippen molar-refractivity contribution in [3.05, 3.63) is 65.4 Å². The van der Waals surface area contributed by atoms with Crippen LogP contribution in [0.25, 0.3) is 33.1 Å². The SMILES string of the molecule is Brc1cncc(-c2ccc3oc4ccccc4c3c2)c1. The molecule has 0 amide bonds. The van der Waals surface area contributed by atoms with Crippen LogP contribution in [0.4, 0.5) is 0 Å². The lowest BCUT2D eigenvalue weighted by atomic mass is 10.0. The summed E-state index contributed by atoms with van der Waals surface area (Å²) in [5.41, 5.74) is 4.06. The fraction of sp³-hybridized carbons (Fsp3) is 0. The van der Waals surface area contributed by atoms with Crippen molar-refractivity contribution in [1.29, 1.82) is 0 Å². The number of hydrogen-bond donors (Lipinski definition) is 0.